The highest BCUT2D eigenvalue weighted by Gasteiger charge is 2.53. The third-order valence-corrected chi connectivity index (χ3v) is 7.17. The molecule has 0 saturated carbocycles. The zero-order chi connectivity index (χ0) is 22.4. The zero-order valence-corrected chi connectivity index (χ0v) is 19.4. The molecule has 6 nitrogen and oxygen atoms in total. The fourth-order valence-corrected chi connectivity index (χ4v) is 5.32. The summed E-state index contributed by atoms with van der Waals surface area (Å²) >= 11 is 4.75. The van der Waals surface area contributed by atoms with E-state index >= 15 is 0 Å². The number of aryl methyl sites for hydroxylation is 1. The van der Waals surface area contributed by atoms with Gasteiger partial charge in [0.25, 0.3) is 5.91 Å². The Morgan fingerprint density at radius 3 is 2.62 bits per heavy atom. The smallest absolute Gasteiger partial charge is 0.297 e. The molecule has 1 aliphatic heterocycles. The number of hydrogen-bond donors (Lipinski definition) is 0. The van der Waals surface area contributed by atoms with Crippen LogP contribution in [0.25, 0.3) is 10.2 Å². The molecule has 8 heteroatoms. The van der Waals surface area contributed by atoms with Gasteiger partial charge < -0.3 is 4.42 Å². The van der Waals surface area contributed by atoms with Crippen molar-refractivity contribution in [3.05, 3.63) is 82.2 Å². The van der Waals surface area contributed by atoms with Crippen molar-refractivity contribution in [2.24, 2.45) is 5.92 Å². The second-order valence-corrected chi connectivity index (χ2v) is 9.43. The molecule has 2 aromatic heterocycles. The van der Waals surface area contributed by atoms with Crippen molar-refractivity contribution in [3.8, 4) is 0 Å². The molecule has 160 valence electrons. The Morgan fingerprint density at radius 1 is 1.16 bits per heavy atom. The number of thiazole rings is 1. The maximum Gasteiger partial charge on any atom is 0.297 e. The first-order valence-corrected chi connectivity index (χ1v) is 11.7. The molecule has 2 atom stereocenters. The van der Waals surface area contributed by atoms with Gasteiger partial charge in [-0.1, -0.05) is 52.4 Å². The van der Waals surface area contributed by atoms with E-state index in [2.05, 4.69) is 27.8 Å². The molecule has 2 aromatic carbocycles. The van der Waals surface area contributed by atoms with Gasteiger partial charge in [0.2, 0.25) is 11.6 Å². The highest BCUT2D eigenvalue weighted by atomic mass is 79.9. The van der Waals surface area contributed by atoms with Crippen LogP contribution in [0.4, 0.5) is 5.13 Å². The molecule has 0 bridgehead atoms. The van der Waals surface area contributed by atoms with Gasteiger partial charge in [-0.3, -0.25) is 19.3 Å². The number of fused-ring (bicyclic) bond motifs is 1. The quantitative estimate of drug-likeness (QED) is 0.205. The molecule has 1 aliphatic rings. The average Bonchev–Trinajstić information content (AvgIpc) is 3.52. The molecule has 1 amide bonds. The van der Waals surface area contributed by atoms with Gasteiger partial charge in [0.1, 0.15) is 5.92 Å². The largest absolute Gasteiger partial charge is 0.461 e. The molecule has 0 aliphatic carbocycles. The number of Topliss-reactive ketones (excluding diaryl/α,β-unsaturated/α-hetero) is 2. The van der Waals surface area contributed by atoms with Crippen LogP contribution in [-0.4, -0.2) is 22.5 Å². The number of benzene rings is 2. The van der Waals surface area contributed by atoms with E-state index in [9.17, 15) is 14.4 Å². The Bertz CT molecular complexity index is 1340. The third-order valence-electron chi connectivity index (χ3n) is 5.62. The van der Waals surface area contributed by atoms with Crippen molar-refractivity contribution in [3.63, 3.8) is 0 Å². The van der Waals surface area contributed by atoms with Crippen LogP contribution in [0.1, 0.15) is 34.6 Å². The minimum absolute atomic E-state index is 0.0528. The molecule has 5 rings (SSSR count). The van der Waals surface area contributed by atoms with Crippen LogP contribution in [0.3, 0.4) is 0 Å². The van der Waals surface area contributed by atoms with Crippen LogP contribution >= 0.6 is 27.3 Å². The molecule has 3 heterocycles. The van der Waals surface area contributed by atoms with E-state index < -0.39 is 29.4 Å². The summed E-state index contributed by atoms with van der Waals surface area (Å²) in [7, 11) is 0. The lowest BCUT2D eigenvalue weighted by Gasteiger charge is -2.24. The predicted octanol–water partition coefficient (Wildman–Crippen LogP) is 5.37. The third kappa shape index (κ3) is 3.40. The summed E-state index contributed by atoms with van der Waals surface area (Å²) in [6.07, 6.45) is 2.26. The predicted molar refractivity (Wildman–Crippen MR) is 125 cm³/mol. The molecule has 4 aromatic rings. The number of rotatable bonds is 5. The van der Waals surface area contributed by atoms with Crippen molar-refractivity contribution in [2.45, 2.75) is 19.4 Å². The summed E-state index contributed by atoms with van der Waals surface area (Å²) in [4.78, 5) is 45.5. The minimum atomic E-state index is -1.21. The van der Waals surface area contributed by atoms with E-state index in [0.717, 1.165) is 26.7 Å². The summed E-state index contributed by atoms with van der Waals surface area (Å²) in [6.45, 7) is 2.07. The van der Waals surface area contributed by atoms with Crippen LogP contribution in [-0.2, 0) is 16.0 Å². The highest BCUT2D eigenvalue weighted by molar-refractivity contribution is 9.10. The van der Waals surface area contributed by atoms with Gasteiger partial charge in [0, 0.05) is 4.47 Å². The fraction of sp³-hybridized carbons (Fsp3) is 0.167. The Kier molecular flexibility index (Phi) is 5.27. The molecule has 1 saturated heterocycles. The van der Waals surface area contributed by atoms with Gasteiger partial charge in [-0.15, -0.1) is 0 Å². The number of furan rings is 1. The first kappa shape index (κ1) is 20.8. The van der Waals surface area contributed by atoms with Crippen LogP contribution in [0.2, 0.25) is 0 Å². The number of carbonyl (C=O) groups is 3. The van der Waals surface area contributed by atoms with Crippen molar-refractivity contribution in [1.82, 2.24) is 4.98 Å². The zero-order valence-electron chi connectivity index (χ0n) is 16.9. The maximum atomic E-state index is 13.2. The molecule has 0 N–H and O–H groups in total. The molecule has 1 fully saturated rings. The SMILES string of the molecule is CCc1ccc2nc(N3C(=O)C(=O)C(C(=O)c4ccco4)C3c3ccc(Br)cc3)sc2c1. The molecular formula is C24H17BrN2O4S. The number of hydrogen-bond acceptors (Lipinski definition) is 6. The van der Waals surface area contributed by atoms with Crippen molar-refractivity contribution < 1.29 is 18.8 Å². The standard InChI is InChI=1S/C24H17BrN2O4S/c1-2-13-5-10-16-18(12-13)32-24(26-16)27-20(14-6-8-15(25)9-7-14)19(22(29)23(27)30)21(28)17-4-3-11-31-17/h3-12,19-20H,2H2,1H3. The topological polar surface area (TPSA) is 80.5 Å². The lowest BCUT2D eigenvalue weighted by Crippen LogP contribution is -2.30. The summed E-state index contributed by atoms with van der Waals surface area (Å²) in [5.41, 5.74) is 2.58. The van der Waals surface area contributed by atoms with E-state index in [0.29, 0.717) is 10.7 Å². The average molecular weight is 509 g/mol. The molecule has 2 unspecified atom stereocenters. The lowest BCUT2D eigenvalue weighted by atomic mass is 9.88. The van der Waals surface area contributed by atoms with Gasteiger partial charge in [-0.05, 0) is 53.9 Å². The normalized spacial score (nSPS) is 18.6. The van der Waals surface area contributed by atoms with Crippen LogP contribution in [0.15, 0.2) is 69.8 Å². The summed E-state index contributed by atoms with van der Waals surface area (Å²) in [6, 6.07) is 15.5. The minimum Gasteiger partial charge on any atom is -0.461 e. The monoisotopic (exact) mass is 508 g/mol. The van der Waals surface area contributed by atoms with E-state index in [4.69, 9.17) is 4.42 Å². The second-order valence-electron chi connectivity index (χ2n) is 7.51. The molecular weight excluding hydrogens is 492 g/mol. The van der Waals surface area contributed by atoms with Crippen molar-refractivity contribution in [1.29, 1.82) is 0 Å². The number of nitrogens with zero attached hydrogens (tertiary/aromatic N) is 2. The van der Waals surface area contributed by atoms with Crippen LogP contribution in [0, 0.1) is 5.92 Å². The first-order valence-electron chi connectivity index (χ1n) is 10.1. The number of halogens is 1. The highest BCUT2D eigenvalue weighted by Crippen LogP contribution is 2.44. The second kappa shape index (κ2) is 8.11. The molecule has 0 spiro atoms. The lowest BCUT2D eigenvalue weighted by molar-refractivity contribution is -0.135. The van der Waals surface area contributed by atoms with E-state index in [1.54, 1.807) is 18.2 Å². The van der Waals surface area contributed by atoms with Crippen molar-refractivity contribution >= 4 is 60.1 Å². The Hall–Kier alpha value is -3.10. The van der Waals surface area contributed by atoms with Gasteiger partial charge in [-0.2, -0.15) is 0 Å². The fourth-order valence-electron chi connectivity index (χ4n) is 3.99. The van der Waals surface area contributed by atoms with Crippen LogP contribution < -0.4 is 4.90 Å². The van der Waals surface area contributed by atoms with E-state index in [1.807, 2.05) is 30.3 Å². The van der Waals surface area contributed by atoms with E-state index in [1.165, 1.54) is 28.6 Å². The summed E-state index contributed by atoms with van der Waals surface area (Å²) in [5, 5.41) is 0.397. The van der Waals surface area contributed by atoms with Gasteiger partial charge in [-0.25, -0.2) is 4.98 Å². The van der Waals surface area contributed by atoms with E-state index in [-0.39, 0.29) is 5.76 Å². The number of amides is 1. The molecule has 0 radical (unpaired) electrons. The maximum absolute atomic E-state index is 13.2. The number of ketones is 2. The van der Waals surface area contributed by atoms with Gasteiger partial charge in [0.15, 0.2) is 10.9 Å². The number of carbonyl (C=O) groups excluding carboxylic acids is 3. The Balaban J connectivity index is 1.66. The van der Waals surface area contributed by atoms with Crippen LogP contribution in [0.5, 0.6) is 0 Å². The van der Waals surface area contributed by atoms with Gasteiger partial charge in [0.05, 0.1) is 22.5 Å². The Labute approximate surface area is 196 Å². The first-order chi connectivity index (χ1) is 15.5. The molecule has 32 heavy (non-hydrogen) atoms. The number of anilines is 1. The Morgan fingerprint density at radius 2 is 1.94 bits per heavy atom. The van der Waals surface area contributed by atoms with Gasteiger partial charge >= 0.3 is 0 Å². The number of aromatic nitrogens is 1. The summed E-state index contributed by atoms with van der Waals surface area (Å²) in [5.74, 6) is -3.17. The summed E-state index contributed by atoms with van der Waals surface area (Å²) < 4.78 is 7.03. The van der Waals surface area contributed by atoms with Crippen molar-refractivity contribution in [2.75, 3.05) is 4.90 Å².